The number of carbonyl (C=O) groups excluding carboxylic acids is 1. The number of amides is 1. The van der Waals surface area contributed by atoms with Gasteiger partial charge in [0.25, 0.3) is 5.91 Å². The molecule has 1 saturated carbocycles. The highest BCUT2D eigenvalue weighted by Gasteiger charge is 2.32. The van der Waals surface area contributed by atoms with Gasteiger partial charge in [-0.05, 0) is 49.6 Å². The van der Waals surface area contributed by atoms with Crippen LogP contribution in [0.25, 0.3) is 5.69 Å². The normalized spacial score (nSPS) is 13.0. The number of anilines is 1. The third-order valence-electron chi connectivity index (χ3n) is 5.27. The Morgan fingerprint density at radius 3 is 2.84 bits per heavy atom. The molecule has 1 heterocycles. The van der Waals surface area contributed by atoms with Crippen LogP contribution in [0.3, 0.4) is 0 Å². The van der Waals surface area contributed by atoms with E-state index in [0.717, 1.165) is 29.8 Å². The summed E-state index contributed by atoms with van der Waals surface area (Å²) < 4.78 is 15.5. The van der Waals surface area contributed by atoms with E-state index in [4.69, 9.17) is 16.9 Å². The van der Waals surface area contributed by atoms with Crippen molar-refractivity contribution in [3.05, 3.63) is 75.8 Å². The lowest BCUT2D eigenvalue weighted by molar-refractivity contribution is 0.0954. The van der Waals surface area contributed by atoms with Crippen LogP contribution in [0, 0.1) is 24.1 Å². The molecular weight excluding hydrogens is 417 g/mol. The Morgan fingerprint density at radius 1 is 1.32 bits per heavy atom. The van der Waals surface area contributed by atoms with Gasteiger partial charge >= 0.3 is 0 Å². The summed E-state index contributed by atoms with van der Waals surface area (Å²) in [7, 11) is 0. The highest BCUT2D eigenvalue weighted by molar-refractivity contribution is 6.31. The van der Waals surface area contributed by atoms with Crippen molar-refractivity contribution >= 4 is 23.2 Å². The van der Waals surface area contributed by atoms with Gasteiger partial charge in [-0.15, -0.1) is 0 Å². The third kappa shape index (κ3) is 4.39. The minimum atomic E-state index is -0.575. The van der Waals surface area contributed by atoms with E-state index in [1.54, 1.807) is 16.9 Å². The minimum Gasteiger partial charge on any atom is -0.382 e. The second-order valence-corrected chi connectivity index (χ2v) is 7.93. The molecule has 0 aliphatic heterocycles. The maximum absolute atomic E-state index is 13.7. The van der Waals surface area contributed by atoms with Crippen LogP contribution in [0.5, 0.6) is 0 Å². The first-order valence-corrected chi connectivity index (χ1v) is 10.4. The number of hydrogen-bond donors (Lipinski definition) is 2. The van der Waals surface area contributed by atoms with Gasteiger partial charge in [0.1, 0.15) is 17.4 Å². The number of aryl methyl sites for hydroxylation is 1. The molecule has 0 radical (unpaired) electrons. The van der Waals surface area contributed by atoms with Gasteiger partial charge in [-0.2, -0.15) is 10.4 Å². The summed E-state index contributed by atoms with van der Waals surface area (Å²) in [4.78, 5) is 12.8. The van der Waals surface area contributed by atoms with Crippen LogP contribution in [0.4, 0.5) is 10.1 Å². The molecule has 6 nitrogen and oxygen atoms in total. The average molecular weight is 438 g/mol. The zero-order valence-electron chi connectivity index (χ0n) is 17.0. The predicted molar refractivity (Wildman–Crippen MR) is 117 cm³/mol. The Bertz CT molecular complexity index is 1180. The molecule has 2 N–H and O–H groups in total. The maximum atomic E-state index is 13.7. The highest BCUT2D eigenvalue weighted by atomic mass is 35.5. The Labute approximate surface area is 184 Å². The molecule has 0 spiro atoms. The number of carbonyl (C=O) groups is 1. The molecule has 158 valence electrons. The molecule has 1 amide bonds. The molecule has 1 fully saturated rings. The van der Waals surface area contributed by atoms with E-state index < -0.39 is 5.82 Å². The van der Waals surface area contributed by atoms with Gasteiger partial charge in [-0.1, -0.05) is 23.7 Å². The Balaban J connectivity index is 1.45. The van der Waals surface area contributed by atoms with E-state index in [1.165, 1.54) is 12.1 Å². The van der Waals surface area contributed by atoms with Crippen molar-refractivity contribution in [2.75, 3.05) is 18.4 Å². The second kappa shape index (κ2) is 8.78. The number of halogens is 2. The average Bonchev–Trinajstić information content (AvgIpc) is 3.50. The summed E-state index contributed by atoms with van der Waals surface area (Å²) >= 11 is 6.28. The predicted octanol–water partition coefficient (Wildman–Crippen LogP) is 4.56. The van der Waals surface area contributed by atoms with Gasteiger partial charge in [0.05, 0.1) is 28.8 Å². The Morgan fingerprint density at radius 2 is 2.13 bits per heavy atom. The summed E-state index contributed by atoms with van der Waals surface area (Å²) in [6, 6.07) is 12.0. The first-order chi connectivity index (χ1) is 15.0. The molecule has 1 aromatic heterocycles. The van der Waals surface area contributed by atoms with Crippen molar-refractivity contribution in [2.45, 2.75) is 25.7 Å². The lowest BCUT2D eigenvalue weighted by atomic mass is 10.1. The van der Waals surface area contributed by atoms with Crippen molar-refractivity contribution in [2.24, 2.45) is 0 Å². The van der Waals surface area contributed by atoms with Crippen LogP contribution >= 0.6 is 11.6 Å². The maximum Gasteiger partial charge on any atom is 0.254 e. The number of nitrogens with one attached hydrogen (secondary N) is 2. The monoisotopic (exact) mass is 437 g/mol. The summed E-state index contributed by atoms with van der Waals surface area (Å²) in [5.41, 5.74) is 3.61. The Hall–Kier alpha value is -3.37. The lowest BCUT2D eigenvalue weighted by Gasteiger charge is -2.11. The van der Waals surface area contributed by atoms with Gasteiger partial charge in [-0.3, -0.25) is 4.79 Å². The molecule has 0 saturated heterocycles. The molecule has 4 rings (SSSR count). The van der Waals surface area contributed by atoms with Crippen LogP contribution in [-0.4, -0.2) is 28.8 Å². The van der Waals surface area contributed by atoms with E-state index in [-0.39, 0.29) is 11.5 Å². The van der Waals surface area contributed by atoms with Crippen LogP contribution in [-0.2, 0) is 0 Å². The number of benzene rings is 2. The molecule has 2 aromatic carbocycles. The molecular formula is C23H21ClFN5O. The summed E-state index contributed by atoms with van der Waals surface area (Å²) in [5.74, 6) is -0.492. The quantitative estimate of drug-likeness (QED) is 0.530. The molecule has 31 heavy (non-hydrogen) atoms. The molecule has 8 heteroatoms. The topological polar surface area (TPSA) is 82.7 Å². The van der Waals surface area contributed by atoms with Gasteiger partial charge < -0.3 is 10.6 Å². The first kappa shape index (κ1) is 20.9. The lowest BCUT2D eigenvalue weighted by Crippen LogP contribution is -2.29. The summed E-state index contributed by atoms with van der Waals surface area (Å²) in [6.45, 7) is 2.60. The SMILES string of the molecule is Cc1ccc(-n2ncc(C(=O)NCCNc3cccc(F)c3C#N)c2C2CC2)cc1Cl. The van der Waals surface area contributed by atoms with Crippen molar-refractivity contribution in [3.8, 4) is 11.8 Å². The van der Waals surface area contributed by atoms with Crippen LogP contribution in [0.2, 0.25) is 5.02 Å². The number of hydrogen-bond acceptors (Lipinski definition) is 4. The van der Waals surface area contributed by atoms with Crippen molar-refractivity contribution in [1.29, 1.82) is 5.26 Å². The van der Waals surface area contributed by atoms with Crippen LogP contribution in [0.15, 0.2) is 42.6 Å². The molecule has 1 aliphatic carbocycles. The fourth-order valence-corrected chi connectivity index (χ4v) is 3.63. The summed E-state index contributed by atoms with van der Waals surface area (Å²) in [6.07, 6.45) is 3.62. The van der Waals surface area contributed by atoms with Crippen molar-refractivity contribution < 1.29 is 9.18 Å². The number of rotatable bonds is 7. The highest BCUT2D eigenvalue weighted by Crippen LogP contribution is 2.42. The Kier molecular flexibility index (Phi) is 5.92. The first-order valence-electron chi connectivity index (χ1n) is 10.0. The van der Waals surface area contributed by atoms with E-state index in [1.807, 2.05) is 31.2 Å². The largest absolute Gasteiger partial charge is 0.382 e. The molecule has 1 aliphatic rings. The molecule has 3 aromatic rings. The second-order valence-electron chi connectivity index (χ2n) is 7.52. The molecule has 0 atom stereocenters. The standard InChI is InChI=1S/C23H21ClFN5O/c1-14-5-8-16(11-19(14)24)30-22(15-6-7-15)18(13-29-30)23(31)28-10-9-27-21-4-2-3-20(25)17(21)12-26/h2-5,8,11,13,15,27H,6-7,9-10H2,1H3,(H,28,31). The molecule has 0 bridgehead atoms. The van der Waals surface area contributed by atoms with Crippen LogP contribution < -0.4 is 10.6 Å². The van der Waals surface area contributed by atoms with E-state index in [9.17, 15) is 9.18 Å². The fraction of sp³-hybridized carbons (Fsp3) is 0.261. The third-order valence-corrected chi connectivity index (χ3v) is 5.67. The smallest absolute Gasteiger partial charge is 0.254 e. The van der Waals surface area contributed by atoms with Gasteiger partial charge in [-0.25, -0.2) is 9.07 Å². The van der Waals surface area contributed by atoms with E-state index in [2.05, 4.69) is 15.7 Å². The fourth-order valence-electron chi connectivity index (χ4n) is 3.46. The van der Waals surface area contributed by atoms with Crippen molar-refractivity contribution in [1.82, 2.24) is 15.1 Å². The molecule has 0 unspecified atom stereocenters. The number of aromatic nitrogens is 2. The minimum absolute atomic E-state index is 0.0390. The van der Waals surface area contributed by atoms with Gasteiger partial charge in [0.15, 0.2) is 0 Å². The summed E-state index contributed by atoms with van der Waals surface area (Å²) in [5, 5.41) is 20.1. The zero-order chi connectivity index (χ0) is 22.0. The number of nitriles is 1. The zero-order valence-corrected chi connectivity index (χ0v) is 17.7. The van der Waals surface area contributed by atoms with Crippen molar-refractivity contribution in [3.63, 3.8) is 0 Å². The van der Waals surface area contributed by atoms with Gasteiger partial charge in [0, 0.05) is 24.0 Å². The van der Waals surface area contributed by atoms with Crippen LogP contribution in [0.1, 0.15) is 45.9 Å². The van der Waals surface area contributed by atoms with E-state index in [0.29, 0.717) is 35.3 Å². The van der Waals surface area contributed by atoms with E-state index >= 15 is 0 Å². The van der Waals surface area contributed by atoms with Gasteiger partial charge in [0.2, 0.25) is 0 Å². The number of nitrogens with zero attached hydrogens (tertiary/aromatic N) is 3.